The maximum atomic E-state index is 11.9. The van der Waals surface area contributed by atoms with Crippen molar-refractivity contribution < 1.29 is 19.1 Å². The van der Waals surface area contributed by atoms with Gasteiger partial charge in [-0.1, -0.05) is 30.3 Å². The molecule has 2 unspecified atom stereocenters. The van der Waals surface area contributed by atoms with Gasteiger partial charge in [0, 0.05) is 12.8 Å². The highest BCUT2D eigenvalue weighted by atomic mass is 16.6. The molecule has 2 saturated heterocycles. The highest BCUT2D eigenvalue weighted by molar-refractivity contribution is 6.01. The lowest BCUT2D eigenvalue weighted by Crippen LogP contribution is -2.52. The molecular weight excluding hydrogens is 272 g/mol. The summed E-state index contributed by atoms with van der Waals surface area (Å²) >= 11 is 0. The zero-order chi connectivity index (χ0) is 14.8. The quantitative estimate of drug-likeness (QED) is 0.837. The summed E-state index contributed by atoms with van der Waals surface area (Å²) in [5.41, 5.74) is 1.08. The van der Waals surface area contributed by atoms with Crippen LogP contribution in [-0.4, -0.2) is 41.5 Å². The number of carbonyl (C=O) groups excluding carboxylic acids is 3. The number of hydrogen-bond acceptors (Lipinski definition) is 4. The van der Waals surface area contributed by atoms with Crippen molar-refractivity contribution in [3.63, 3.8) is 0 Å². The molecule has 2 heterocycles. The SMILES string of the molecule is O=C1CCC(N2CC(Cc3ccccc3)OC2=O)C(=O)N1. The number of imide groups is 1. The number of nitrogens with zero attached hydrogens (tertiary/aromatic N) is 1. The van der Waals surface area contributed by atoms with E-state index in [2.05, 4.69) is 5.32 Å². The van der Waals surface area contributed by atoms with E-state index in [0.717, 1.165) is 5.56 Å². The molecule has 2 fully saturated rings. The Labute approximate surface area is 122 Å². The first-order valence-electron chi connectivity index (χ1n) is 6.98. The summed E-state index contributed by atoms with van der Waals surface area (Å²) in [7, 11) is 0. The van der Waals surface area contributed by atoms with Crippen molar-refractivity contribution in [2.45, 2.75) is 31.4 Å². The molecule has 1 aromatic carbocycles. The largest absolute Gasteiger partial charge is 0.444 e. The monoisotopic (exact) mass is 288 g/mol. The predicted molar refractivity (Wildman–Crippen MR) is 73.3 cm³/mol. The Morgan fingerprint density at radius 1 is 1.19 bits per heavy atom. The number of cyclic esters (lactones) is 1. The Kier molecular flexibility index (Phi) is 3.60. The van der Waals surface area contributed by atoms with Crippen molar-refractivity contribution in [1.82, 2.24) is 10.2 Å². The second-order valence-electron chi connectivity index (χ2n) is 5.31. The number of carbonyl (C=O) groups is 3. The fourth-order valence-corrected chi connectivity index (χ4v) is 2.76. The van der Waals surface area contributed by atoms with Crippen LogP contribution < -0.4 is 5.32 Å². The summed E-state index contributed by atoms with van der Waals surface area (Å²) in [5, 5.41) is 2.26. The van der Waals surface area contributed by atoms with Crippen molar-refractivity contribution in [3.8, 4) is 0 Å². The number of benzene rings is 1. The molecule has 1 aromatic rings. The molecule has 0 spiro atoms. The molecule has 110 valence electrons. The lowest BCUT2D eigenvalue weighted by Gasteiger charge is -2.27. The van der Waals surface area contributed by atoms with E-state index in [1.165, 1.54) is 4.90 Å². The number of hydrogen-bond donors (Lipinski definition) is 1. The predicted octanol–water partition coefficient (Wildman–Crippen LogP) is 0.855. The van der Waals surface area contributed by atoms with Crippen molar-refractivity contribution in [3.05, 3.63) is 35.9 Å². The third-order valence-corrected chi connectivity index (χ3v) is 3.79. The minimum atomic E-state index is -0.601. The third kappa shape index (κ3) is 2.89. The summed E-state index contributed by atoms with van der Waals surface area (Å²) in [5.74, 6) is -0.701. The second-order valence-corrected chi connectivity index (χ2v) is 5.31. The maximum Gasteiger partial charge on any atom is 0.410 e. The van der Waals surface area contributed by atoms with Crippen LogP contribution in [0.4, 0.5) is 4.79 Å². The molecule has 1 N–H and O–H groups in total. The van der Waals surface area contributed by atoms with Gasteiger partial charge in [0.1, 0.15) is 12.1 Å². The van der Waals surface area contributed by atoms with Crippen LogP contribution in [0.2, 0.25) is 0 Å². The van der Waals surface area contributed by atoms with Crippen molar-refractivity contribution >= 4 is 17.9 Å². The third-order valence-electron chi connectivity index (χ3n) is 3.79. The zero-order valence-electron chi connectivity index (χ0n) is 11.5. The van der Waals surface area contributed by atoms with Crippen LogP contribution in [0.3, 0.4) is 0 Å². The highest BCUT2D eigenvalue weighted by Crippen LogP contribution is 2.22. The maximum absolute atomic E-state index is 11.9. The normalized spacial score (nSPS) is 25.7. The van der Waals surface area contributed by atoms with E-state index in [0.29, 0.717) is 19.4 Å². The molecule has 0 saturated carbocycles. The first kappa shape index (κ1) is 13.6. The van der Waals surface area contributed by atoms with E-state index in [-0.39, 0.29) is 18.4 Å². The molecular formula is C15H16N2O4. The molecule has 3 rings (SSSR count). The first-order chi connectivity index (χ1) is 10.1. The number of ether oxygens (including phenoxy) is 1. The molecule has 0 bridgehead atoms. The van der Waals surface area contributed by atoms with Crippen LogP contribution in [0.1, 0.15) is 18.4 Å². The molecule has 21 heavy (non-hydrogen) atoms. The Morgan fingerprint density at radius 3 is 2.67 bits per heavy atom. The van der Waals surface area contributed by atoms with Gasteiger partial charge in [0.25, 0.3) is 0 Å². The minimum Gasteiger partial charge on any atom is -0.444 e. The first-order valence-corrected chi connectivity index (χ1v) is 6.98. The zero-order valence-corrected chi connectivity index (χ0v) is 11.5. The van der Waals surface area contributed by atoms with Crippen LogP contribution >= 0.6 is 0 Å². The molecule has 3 amide bonds. The standard InChI is InChI=1S/C15H16N2O4/c18-13-7-6-12(14(19)16-13)17-9-11(21-15(17)20)8-10-4-2-1-3-5-10/h1-5,11-12H,6-9H2,(H,16,18,19). The number of rotatable bonds is 3. The Bertz CT molecular complexity index is 572. The molecule has 2 atom stereocenters. The lowest BCUT2D eigenvalue weighted by atomic mass is 10.0. The Balaban J connectivity index is 1.65. The van der Waals surface area contributed by atoms with Gasteiger partial charge < -0.3 is 4.74 Å². The van der Waals surface area contributed by atoms with Gasteiger partial charge in [-0.15, -0.1) is 0 Å². The van der Waals surface area contributed by atoms with E-state index >= 15 is 0 Å². The van der Waals surface area contributed by atoms with E-state index in [1.54, 1.807) is 0 Å². The van der Waals surface area contributed by atoms with Gasteiger partial charge in [-0.2, -0.15) is 0 Å². The van der Waals surface area contributed by atoms with Gasteiger partial charge in [0.2, 0.25) is 11.8 Å². The van der Waals surface area contributed by atoms with Crippen molar-refractivity contribution in [2.75, 3.05) is 6.54 Å². The lowest BCUT2D eigenvalue weighted by molar-refractivity contribution is -0.136. The number of piperidine rings is 1. The van der Waals surface area contributed by atoms with Gasteiger partial charge in [0.05, 0.1) is 6.54 Å². The van der Waals surface area contributed by atoms with Crippen molar-refractivity contribution in [1.29, 1.82) is 0 Å². The molecule has 0 aromatic heterocycles. The van der Waals surface area contributed by atoms with Gasteiger partial charge in [-0.05, 0) is 12.0 Å². The van der Waals surface area contributed by atoms with Crippen LogP contribution in [0, 0.1) is 0 Å². The van der Waals surface area contributed by atoms with Gasteiger partial charge in [-0.25, -0.2) is 4.79 Å². The summed E-state index contributed by atoms with van der Waals surface area (Å²) in [4.78, 5) is 36.3. The summed E-state index contributed by atoms with van der Waals surface area (Å²) in [6.07, 6.45) is 0.494. The number of nitrogens with one attached hydrogen (secondary N) is 1. The summed E-state index contributed by atoms with van der Waals surface area (Å²) in [6.45, 7) is 0.375. The van der Waals surface area contributed by atoms with Crippen molar-refractivity contribution in [2.24, 2.45) is 0 Å². The topological polar surface area (TPSA) is 75.7 Å². The average molecular weight is 288 g/mol. The molecule has 0 aliphatic carbocycles. The molecule has 6 nitrogen and oxygen atoms in total. The second kappa shape index (κ2) is 5.55. The van der Waals surface area contributed by atoms with Crippen LogP contribution in [0.15, 0.2) is 30.3 Å². The highest BCUT2D eigenvalue weighted by Gasteiger charge is 2.41. The summed E-state index contributed by atoms with van der Waals surface area (Å²) < 4.78 is 5.33. The molecule has 2 aliphatic rings. The molecule has 2 aliphatic heterocycles. The van der Waals surface area contributed by atoms with Crippen LogP contribution in [0.5, 0.6) is 0 Å². The molecule has 0 radical (unpaired) electrons. The minimum absolute atomic E-state index is 0.254. The van der Waals surface area contributed by atoms with Gasteiger partial charge >= 0.3 is 6.09 Å². The smallest absolute Gasteiger partial charge is 0.410 e. The van der Waals surface area contributed by atoms with Crippen LogP contribution in [0.25, 0.3) is 0 Å². The van der Waals surface area contributed by atoms with Gasteiger partial charge in [-0.3, -0.25) is 19.8 Å². The van der Waals surface area contributed by atoms with E-state index in [9.17, 15) is 14.4 Å². The molecule has 6 heteroatoms. The van der Waals surface area contributed by atoms with E-state index in [1.807, 2.05) is 30.3 Å². The fourth-order valence-electron chi connectivity index (χ4n) is 2.76. The van der Waals surface area contributed by atoms with Gasteiger partial charge in [0.15, 0.2) is 0 Å². The summed E-state index contributed by atoms with van der Waals surface area (Å²) in [6, 6.07) is 9.15. The van der Waals surface area contributed by atoms with E-state index < -0.39 is 18.0 Å². The Morgan fingerprint density at radius 2 is 1.95 bits per heavy atom. The average Bonchev–Trinajstić information content (AvgIpc) is 2.80. The van der Waals surface area contributed by atoms with E-state index in [4.69, 9.17) is 4.74 Å². The fraction of sp³-hybridized carbons (Fsp3) is 0.400. The Hall–Kier alpha value is -2.37. The number of amides is 3. The van der Waals surface area contributed by atoms with Crippen LogP contribution in [-0.2, 0) is 20.7 Å².